The highest BCUT2D eigenvalue weighted by Crippen LogP contribution is 2.32. The first-order valence-corrected chi connectivity index (χ1v) is 5.85. The highest BCUT2D eigenvalue weighted by Gasteiger charge is 2.24. The van der Waals surface area contributed by atoms with Crippen molar-refractivity contribution in [2.45, 2.75) is 25.8 Å². The van der Waals surface area contributed by atoms with Crippen LogP contribution in [0.4, 0.5) is 0 Å². The summed E-state index contributed by atoms with van der Waals surface area (Å²) in [5, 5.41) is 11.3. The molecule has 0 radical (unpaired) electrons. The van der Waals surface area contributed by atoms with Crippen LogP contribution in [-0.2, 0) is 10.3 Å². The van der Waals surface area contributed by atoms with Gasteiger partial charge in [-0.3, -0.25) is 4.79 Å². The Morgan fingerprint density at radius 2 is 1.95 bits per heavy atom. The topological polar surface area (TPSA) is 71.3 Å². The van der Waals surface area contributed by atoms with E-state index in [4.69, 9.17) is 14.7 Å². The minimum Gasteiger partial charge on any atom is -0.493 e. The average Bonchev–Trinajstić information content (AvgIpc) is 2.37. The molecule has 1 aromatic carbocycles. The maximum atomic E-state index is 11.5. The number of ether oxygens (including phenoxy) is 2. The lowest BCUT2D eigenvalue weighted by molar-refractivity contribution is -0.121. The fraction of sp³-hybridized carbons (Fsp3) is 0.429. The molecule has 102 valence electrons. The lowest BCUT2D eigenvalue weighted by atomic mass is 9.93. The van der Waals surface area contributed by atoms with E-state index < -0.39 is 5.54 Å². The van der Waals surface area contributed by atoms with Gasteiger partial charge in [-0.15, -0.1) is 0 Å². The van der Waals surface area contributed by atoms with Crippen LogP contribution < -0.4 is 14.8 Å². The van der Waals surface area contributed by atoms with Crippen LogP contribution in [0, 0.1) is 11.3 Å². The van der Waals surface area contributed by atoms with Crippen LogP contribution in [0.1, 0.15) is 25.8 Å². The van der Waals surface area contributed by atoms with Gasteiger partial charge in [0.25, 0.3) is 0 Å². The maximum absolute atomic E-state index is 11.5. The molecule has 0 bridgehead atoms. The number of methoxy groups -OCH3 is 2. The number of nitrogens with one attached hydrogen (secondary N) is 1. The molecule has 0 spiro atoms. The summed E-state index contributed by atoms with van der Waals surface area (Å²) in [5.74, 6) is 0.926. The van der Waals surface area contributed by atoms with E-state index in [1.807, 2.05) is 32.0 Å². The molecule has 1 rings (SSSR count). The first kappa shape index (κ1) is 14.8. The van der Waals surface area contributed by atoms with E-state index in [1.165, 1.54) is 0 Å². The smallest absolute Gasteiger partial charge is 0.234 e. The highest BCUT2D eigenvalue weighted by molar-refractivity contribution is 5.79. The van der Waals surface area contributed by atoms with E-state index in [1.54, 1.807) is 20.3 Å². The molecular weight excluding hydrogens is 244 g/mol. The van der Waals surface area contributed by atoms with Gasteiger partial charge in [0.15, 0.2) is 11.5 Å². The van der Waals surface area contributed by atoms with Gasteiger partial charge in [0.05, 0.1) is 25.8 Å². The molecule has 19 heavy (non-hydrogen) atoms. The standard InChI is InChI=1S/C14H18N2O3/c1-14(2,16-13(17)7-8-15)10-5-6-11(18-3)12(9-10)19-4/h5-6,9H,7H2,1-4H3,(H,16,17). The Balaban J connectivity index is 3.01. The summed E-state index contributed by atoms with van der Waals surface area (Å²) >= 11 is 0. The Morgan fingerprint density at radius 1 is 1.32 bits per heavy atom. The fourth-order valence-corrected chi connectivity index (χ4v) is 1.76. The predicted octanol–water partition coefficient (Wildman–Crippen LogP) is 1.97. The number of nitriles is 1. The minimum atomic E-state index is -0.590. The van der Waals surface area contributed by atoms with Crippen molar-refractivity contribution in [3.05, 3.63) is 23.8 Å². The summed E-state index contributed by atoms with van der Waals surface area (Å²) in [5.41, 5.74) is 0.282. The Morgan fingerprint density at radius 3 is 2.47 bits per heavy atom. The second kappa shape index (κ2) is 6.10. The number of hydrogen-bond donors (Lipinski definition) is 1. The number of nitrogens with zero attached hydrogens (tertiary/aromatic N) is 1. The molecule has 0 aromatic heterocycles. The van der Waals surface area contributed by atoms with Crippen molar-refractivity contribution >= 4 is 5.91 Å². The van der Waals surface area contributed by atoms with Gasteiger partial charge in [0.2, 0.25) is 5.91 Å². The number of carbonyl (C=O) groups excluding carboxylic acids is 1. The molecule has 0 heterocycles. The average molecular weight is 262 g/mol. The van der Waals surface area contributed by atoms with Crippen molar-refractivity contribution in [1.82, 2.24) is 5.32 Å². The predicted molar refractivity (Wildman–Crippen MR) is 70.9 cm³/mol. The summed E-state index contributed by atoms with van der Waals surface area (Å²) in [7, 11) is 3.13. The van der Waals surface area contributed by atoms with Gasteiger partial charge in [-0.05, 0) is 31.5 Å². The SMILES string of the molecule is COc1ccc(C(C)(C)NC(=O)CC#N)cc1OC. The van der Waals surface area contributed by atoms with E-state index in [9.17, 15) is 4.79 Å². The lowest BCUT2D eigenvalue weighted by Crippen LogP contribution is -2.40. The van der Waals surface area contributed by atoms with Gasteiger partial charge < -0.3 is 14.8 Å². The van der Waals surface area contributed by atoms with Crippen molar-refractivity contribution in [3.8, 4) is 17.6 Å². The summed E-state index contributed by atoms with van der Waals surface area (Å²) in [6, 6.07) is 7.28. The molecule has 1 aromatic rings. The second-order valence-electron chi connectivity index (χ2n) is 4.58. The normalized spacial score (nSPS) is 10.5. The molecule has 0 fully saturated rings. The minimum absolute atomic E-state index is 0.156. The Bertz CT molecular complexity index is 504. The van der Waals surface area contributed by atoms with Gasteiger partial charge in [-0.25, -0.2) is 0 Å². The molecule has 0 aliphatic carbocycles. The first-order chi connectivity index (χ1) is 8.94. The van der Waals surface area contributed by atoms with Crippen LogP contribution in [0.25, 0.3) is 0 Å². The Kier molecular flexibility index (Phi) is 4.76. The molecule has 5 heteroatoms. The van der Waals surface area contributed by atoms with Gasteiger partial charge in [0.1, 0.15) is 6.42 Å². The van der Waals surface area contributed by atoms with Crippen LogP contribution in [0.2, 0.25) is 0 Å². The molecule has 0 aliphatic heterocycles. The first-order valence-electron chi connectivity index (χ1n) is 5.85. The zero-order valence-electron chi connectivity index (χ0n) is 11.6. The highest BCUT2D eigenvalue weighted by atomic mass is 16.5. The van der Waals surface area contributed by atoms with Crippen LogP contribution >= 0.6 is 0 Å². The van der Waals surface area contributed by atoms with E-state index in [0.717, 1.165) is 5.56 Å². The monoisotopic (exact) mass is 262 g/mol. The van der Waals surface area contributed by atoms with Crippen LogP contribution in [0.15, 0.2) is 18.2 Å². The zero-order valence-corrected chi connectivity index (χ0v) is 11.6. The molecule has 0 atom stereocenters. The van der Waals surface area contributed by atoms with E-state index in [-0.39, 0.29) is 12.3 Å². The fourth-order valence-electron chi connectivity index (χ4n) is 1.76. The third-order valence-corrected chi connectivity index (χ3v) is 2.80. The largest absolute Gasteiger partial charge is 0.493 e. The van der Waals surface area contributed by atoms with E-state index in [2.05, 4.69) is 5.32 Å². The third kappa shape index (κ3) is 3.62. The van der Waals surface area contributed by atoms with Gasteiger partial charge >= 0.3 is 0 Å². The lowest BCUT2D eigenvalue weighted by Gasteiger charge is -2.27. The Hall–Kier alpha value is -2.22. The van der Waals surface area contributed by atoms with Crippen molar-refractivity contribution in [2.75, 3.05) is 14.2 Å². The van der Waals surface area contributed by atoms with Crippen molar-refractivity contribution in [1.29, 1.82) is 5.26 Å². The zero-order chi connectivity index (χ0) is 14.5. The van der Waals surface area contributed by atoms with Gasteiger partial charge in [-0.2, -0.15) is 5.26 Å². The van der Waals surface area contributed by atoms with Crippen LogP contribution in [0.3, 0.4) is 0 Å². The number of rotatable bonds is 5. The number of hydrogen-bond acceptors (Lipinski definition) is 4. The summed E-state index contributed by atoms with van der Waals surface area (Å²) < 4.78 is 10.4. The third-order valence-electron chi connectivity index (χ3n) is 2.80. The van der Waals surface area contributed by atoms with E-state index >= 15 is 0 Å². The van der Waals surface area contributed by atoms with Crippen molar-refractivity contribution < 1.29 is 14.3 Å². The van der Waals surface area contributed by atoms with E-state index in [0.29, 0.717) is 11.5 Å². The molecule has 5 nitrogen and oxygen atoms in total. The Labute approximate surface area is 113 Å². The van der Waals surface area contributed by atoms with Crippen molar-refractivity contribution in [2.24, 2.45) is 0 Å². The molecule has 1 amide bonds. The second-order valence-corrected chi connectivity index (χ2v) is 4.58. The molecule has 1 N–H and O–H groups in total. The quantitative estimate of drug-likeness (QED) is 0.880. The van der Waals surface area contributed by atoms with Crippen LogP contribution in [0.5, 0.6) is 11.5 Å². The summed E-state index contributed by atoms with van der Waals surface area (Å²) in [6.07, 6.45) is -0.156. The number of amides is 1. The molecule has 0 aliphatic rings. The van der Waals surface area contributed by atoms with Crippen LogP contribution in [-0.4, -0.2) is 20.1 Å². The maximum Gasteiger partial charge on any atom is 0.234 e. The molecule has 0 unspecified atom stereocenters. The summed E-state index contributed by atoms with van der Waals surface area (Å²) in [4.78, 5) is 11.5. The van der Waals surface area contributed by atoms with Gasteiger partial charge in [0, 0.05) is 0 Å². The molecule has 0 saturated carbocycles. The summed E-state index contributed by atoms with van der Waals surface area (Å²) in [6.45, 7) is 3.73. The van der Waals surface area contributed by atoms with Crippen molar-refractivity contribution in [3.63, 3.8) is 0 Å². The molecule has 0 saturated heterocycles. The number of carbonyl (C=O) groups is 1. The molecular formula is C14H18N2O3. The van der Waals surface area contributed by atoms with Gasteiger partial charge in [-0.1, -0.05) is 6.07 Å². The number of benzene rings is 1.